The molecule has 0 radical (unpaired) electrons. The number of rotatable bonds is 30. The monoisotopic (exact) mass is 906 g/mol. The van der Waals surface area contributed by atoms with Crippen LogP contribution in [-0.4, -0.2) is 157 Å². The Hall–Kier alpha value is -5.56. The summed E-state index contributed by atoms with van der Waals surface area (Å²) in [6, 6.07) is -12.1. The molecule has 0 aliphatic rings. The van der Waals surface area contributed by atoms with Gasteiger partial charge in [-0.2, -0.15) is 11.8 Å². The van der Waals surface area contributed by atoms with Crippen molar-refractivity contribution in [1.29, 1.82) is 0 Å². The molecule has 0 fully saturated rings. The van der Waals surface area contributed by atoms with Crippen LogP contribution in [0.3, 0.4) is 0 Å². The van der Waals surface area contributed by atoms with Crippen molar-refractivity contribution in [3.8, 4) is 0 Å². The minimum atomic E-state index is -1.81. The molecule has 352 valence electrons. The number of carboxylic acid groups (broad SMARTS) is 4. The van der Waals surface area contributed by atoms with Crippen LogP contribution in [0.25, 0.3) is 0 Å². The van der Waals surface area contributed by atoms with E-state index in [1.807, 2.05) is 0 Å². The summed E-state index contributed by atoms with van der Waals surface area (Å²) in [5.41, 5.74) is 5.53. The van der Waals surface area contributed by atoms with Gasteiger partial charge >= 0.3 is 23.9 Å². The number of thioether (sulfide) groups is 1. The predicted molar refractivity (Wildman–Crippen MR) is 220 cm³/mol. The number of hydrogen-bond donors (Lipinski definition) is 13. The topological polar surface area (TPSA) is 399 Å². The van der Waals surface area contributed by atoms with Crippen LogP contribution in [0, 0.1) is 11.8 Å². The van der Waals surface area contributed by atoms with Gasteiger partial charge in [-0.15, -0.1) is 0 Å². The Balaban J connectivity index is 6.53. The molecule has 0 unspecified atom stereocenters. The van der Waals surface area contributed by atoms with Crippen LogP contribution in [0.5, 0.6) is 0 Å². The Labute approximate surface area is 362 Å². The standard InChI is InChI=1S/C37H62N8O16S/c1-8-17(4)28(35(58)41-22(13-14-62-7)32(55)42-23(37(60)61)15-26(51)52)44-34(57)27(16(2)3)43-33(56)21(10-12-25(49)50)39-31(54)20(9-11-24(47)48)40-36(59)29(19(6)46)45-30(53)18(5)38/h16-23,27-29,46H,8-15,38H2,1-7H3,(H,39,54)(H,40,59)(H,41,58)(H,42,55)(H,43,56)(H,44,57)(H,45,53)(H,47,48)(H,49,50)(H,51,52)(H,60,61)/t17-,18-,19+,20-,21-,22-,23-,27-,28-,29-/m0/s1. The van der Waals surface area contributed by atoms with Crippen molar-refractivity contribution in [2.24, 2.45) is 17.6 Å². The van der Waals surface area contributed by atoms with Gasteiger partial charge in [0.2, 0.25) is 41.4 Å². The Bertz CT molecular complexity index is 1610. The first-order valence-electron chi connectivity index (χ1n) is 19.7. The molecule has 0 saturated heterocycles. The molecule has 0 saturated carbocycles. The van der Waals surface area contributed by atoms with Crippen LogP contribution in [-0.2, 0) is 52.7 Å². The highest BCUT2D eigenvalue weighted by Gasteiger charge is 2.37. The number of carbonyl (C=O) groups is 11. The third-order valence-corrected chi connectivity index (χ3v) is 9.96. The van der Waals surface area contributed by atoms with Gasteiger partial charge in [0.1, 0.15) is 42.3 Å². The maximum absolute atomic E-state index is 13.8. The molecule has 7 amide bonds. The lowest BCUT2D eigenvalue weighted by Crippen LogP contribution is -2.62. The number of nitrogens with two attached hydrogens (primary N) is 1. The van der Waals surface area contributed by atoms with Crippen molar-refractivity contribution < 1.29 is 78.3 Å². The minimum Gasteiger partial charge on any atom is -0.481 e. The quantitative estimate of drug-likeness (QED) is 0.0338. The van der Waals surface area contributed by atoms with Gasteiger partial charge in [0.25, 0.3) is 0 Å². The smallest absolute Gasteiger partial charge is 0.326 e. The van der Waals surface area contributed by atoms with E-state index in [9.17, 15) is 73.2 Å². The molecule has 0 rings (SSSR count). The summed E-state index contributed by atoms with van der Waals surface area (Å²) in [7, 11) is 0. The molecule has 0 aromatic rings. The van der Waals surface area contributed by atoms with E-state index < -0.39 is 164 Å². The van der Waals surface area contributed by atoms with Crippen molar-refractivity contribution in [2.75, 3.05) is 12.0 Å². The summed E-state index contributed by atoms with van der Waals surface area (Å²) in [6.07, 6.45) is -2.98. The highest BCUT2D eigenvalue weighted by atomic mass is 32.2. The van der Waals surface area contributed by atoms with E-state index in [2.05, 4.69) is 37.2 Å². The molecule has 0 bridgehead atoms. The third-order valence-electron chi connectivity index (χ3n) is 9.31. The number of carbonyl (C=O) groups excluding carboxylic acids is 7. The van der Waals surface area contributed by atoms with E-state index in [1.54, 1.807) is 20.1 Å². The summed E-state index contributed by atoms with van der Waals surface area (Å²) < 4.78 is 0. The number of carboxylic acids is 4. The van der Waals surface area contributed by atoms with E-state index >= 15 is 0 Å². The first kappa shape index (κ1) is 56.4. The highest BCUT2D eigenvalue weighted by Crippen LogP contribution is 2.13. The van der Waals surface area contributed by atoms with Crippen LogP contribution in [0.4, 0.5) is 0 Å². The average Bonchev–Trinajstić information content (AvgIpc) is 3.17. The van der Waals surface area contributed by atoms with Gasteiger partial charge < -0.3 is 68.5 Å². The lowest BCUT2D eigenvalue weighted by molar-refractivity contribution is -0.147. The summed E-state index contributed by atoms with van der Waals surface area (Å²) >= 11 is 1.30. The molecule has 62 heavy (non-hydrogen) atoms. The van der Waals surface area contributed by atoms with Gasteiger partial charge in [-0.3, -0.25) is 47.9 Å². The molecule has 0 aliphatic carbocycles. The van der Waals surface area contributed by atoms with Crippen molar-refractivity contribution in [3.63, 3.8) is 0 Å². The van der Waals surface area contributed by atoms with Crippen molar-refractivity contribution >= 4 is 77.0 Å². The minimum absolute atomic E-state index is 0.0143. The molecule has 0 spiro atoms. The first-order chi connectivity index (χ1) is 28.8. The van der Waals surface area contributed by atoms with E-state index in [0.717, 1.165) is 6.92 Å². The Morgan fingerprint density at radius 2 is 0.903 bits per heavy atom. The van der Waals surface area contributed by atoms with Crippen LogP contribution < -0.4 is 43.0 Å². The number of nitrogens with one attached hydrogen (secondary N) is 7. The second-order valence-corrected chi connectivity index (χ2v) is 15.9. The highest BCUT2D eigenvalue weighted by molar-refractivity contribution is 7.98. The molecule has 10 atom stereocenters. The molecule has 25 heteroatoms. The Morgan fingerprint density at radius 1 is 0.516 bits per heavy atom. The molecular formula is C37H62N8O16S. The molecule has 0 aromatic carbocycles. The molecule has 0 aliphatic heterocycles. The van der Waals surface area contributed by atoms with Crippen LogP contribution in [0.2, 0.25) is 0 Å². The summed E-state index contributed by atoms with van der Waals surface area (Å²) in [5, 5.41) is 63.7. The number of hydrogen-bond acceptors (Lipinski definition) is 14. The van der Waals surface area contributed by atoms with Gasteiger partial charge in [0.15, 0.2) is 0 Å². The zero-order valence-corrected chi connectivity index (χ0v) is 36.5. The molecular weight excluding hydrogens is 845 g/mol. The molecule has 0 aromatic heterocycles. The fourth-order valence-corrected chi connectivity index (χ4v) is 5.92. The summed E-state index contributed by atoms with van der Waals surface area (Å²) in [6.45, 7) is 8.79. The lowest BCUT2D eigenvalue weighted by Gasteiger charge is -2.30. The molecule has 14 N–H and O–H groups in total. The van der Waals surface area contributed by atoms with Crippen molar-refractivity contribution in [1.82, 2.24) is 37.2 Å². The average molecular weight is 907 g/mol. The van der Waals surface area contributed by atoms with E-state index in [0.29, 0.717) is 12.2 Å². The van der Waals surface area contributed by atoms with E-state index in [1.165, 1.54) is 32.5 Å². The number of aliphatic carboxylic acids is 4. The number of aliphatic hydroxyl groups excluding tert-OH is 1. The molecule has 0 heterocycles. The van der Waals surface area contributed by atoms with Gasteiger partial charge in [-0.25, -0.2) is 4.79 Å². The number of amides is 7. The zero-order valence-electron chi connectivity index (χ0n) is 35.7. The Morgan fingerprint density at radius 3 is 1.29 bits per heavy atom. The predicted octanol–water partition coefficient (Wildman–Crippen LogP) is -3.15. The summed E-state index contributed by atoms with van der Waals surface area (Å²) in [4.78, 5) is 139. The van der Waals surface area contributed by atoms with E-state index in [4.69, 9.17) is 10.8 Å². The lowest BCUT2D eigenvalue weighted by atomic mass is 9.95. The fraction of sp³-hybridized carbons (Fsp3) is 0.703. The van der Waals surface area contributed by atoms with Gasteiger partial charge in [0, 0.05) is 12.8 Å². The van der Waals surface area contributed by atoms with Crippen molar-refractivity contribution in [3.05, 3.63) is 0 Å². The molecule has 24 nitrogen and oxygen atoms in total. The second-order valence-electron chi connectivity index (χ2n) is 14.9. The Kier molecular flexibility index (Phi) is 25.6. The van der Waals surface area contributed by atoms with Crippen LogP contribution in [0.15, 0.2) is 0 Å². The van der Waals surface area contributed by atoms with Gasteiger partial charge in [-0.1, -0.05) is 34.1 Å². The SMILES string of the molecule is CC[C@H](C)[C@H](NC(=O)[C@@H](NC(=O)[C@H](CCC(=O)O)NC(=O)[C@H](CCC(=O)O)NC(=O)[C@@H](NC(=O)[C@H](C)N)[C@@H](C)O)C(C)C)C(=O)N[C@@H](CCSC)C(=O)N[C@@H](CC(=O)O)C(=O)O. The zero-order chi connectivity index (χ0) is 48.0. The maximum Gasteiger partial charge on any atom is 0.326 e. The third kappa shape index (κ3) is 20.8. The number of aliphatic hydroxyl groups is 1. The van der Waals surface area contributed by atoms with Crippen LogP contribution >= 0.6 is 11.8 Å². The largest absolute Gasteiger partial charge is 0.481 e. The fourth-order valence-electron chi connectivity index (χ4n) is 5.44. The normalized spacial score (nSPS) is 15.9. The first-order valence-corrected chi connectivity index (χ1v) is 21.1. The second kappa shape index (κ2) is 28.1. The van der Waals surface area contributed by atoms with Crippen molar-refractivity contribution in [2.45, 2.75) is 141 Å². The van der Waals surface area contributed by atoms with Gasteiger partial charge in [0.05, 0.1) is 18.6 Å². The van der Waals surface area contributed by atoms with Gasteiger partial charge in [-0.05, 0) is 57.0 Å². The summed E-state index contributed by atoms with van der Waals surface area (Å²) in [5.74, 6) is -13.9. The van der Waals surface area contributed by atoms with E-state index in [-0.39, 0.29) is 6.42 Å². The van der Waals surface area contributed by atoms with Crippen LogP contribution in [0.1, 0.15) is 86.5 Å². The maximum atomic E-state index is 13.8.